The topological polar surface area (TPSA) is 49.9 Å². The van der Waals surface area contributed by atoms with E-state index in [1.165, 1.54) is 4.31 Å². The van der Waals surface area contributed by atoms with Gasteiger partial charge in [0.15, 0.2) is 0 Å². The third-order valence-corrected chi connectivity index (χ3v) is 5.45. The fourth-order valence-electron chi connectivity index (χ4n) is 1.86. The van der Waals surface area contributed by atoms with Crippen LogP contribution < -0.4 is 0 Å². The first kappa shape index (κ1) is 18.6. The van der Waals surface area contributed by atoms with Crippen LogP contribution in [0.5, 0.6) is 0 Å². The summed E-state index contributed by atoms with van der Waals surface area (Å²) in [6, 6.07) is 6.71. The normalized spacial score (nSPS) is 12.3. The molecule has 0 aliphatic rings. The Morgan fingerprint density at radius 2 is 1.71 bits per heavy atom. The zero-order chi connectivity index (χ0) is 15.9. The molecule has 0 saturated carbocycles. The molecule has 120 valence electrons. The lowest BCUT2D eigenvalue weighted by Crippen LogP contribution is -2.36. The van der Waals surface area contributed by atoms with Crippen LogP contribution in [0.15, 0.2) is 33.6 Å². The number of halogens is 1. The van der Waals surface area contributed by atoms with Gasteiger partial charge in [-0.05, 0) is 51.3 Å². The maximum Gasteiger partial charge on any atom is 0.243 e. The maximum absolute atomic E-state index is 12.7. The highest BCUT2D eigenvalue weighted by molar-refractivity contribution is 9.10. The van der Waals surface area contributed by atoms with Gasteiger partial charge in [0.25, 0.3) is 0 Å². The molecule has 0 bridgehead atoms. The summed E-state index contributed by atoms with van der Waals surface area (Å²) in [5, 5.41) is 0. The smallest absolute Gasteiger partial charge is 0.243 e. The lowest BCUT2D eigenvalue weighted by atomic mass is 10.4. The third-order valence-electron chi connectivity index (χ3n) is 3.01. The van der Waals surface area contributed by atoms with Gasteiger partial charge in [-0.1, -0.05) is 15.9 Å². The minimum Gasteiger partial charge on any atom is -0.383 e. The van der Waals surface area contributed by atoms with Crippen molar-refractivity contribution in [3.05, 3.63) is 28.7 Å². The SMILES string of the molecule is COCCN(CCCN(C)C)S(=O)(=O)c1ccc(Br)cc1. The van der Waals surface area contributed by atoms with E-state index in [-0.39, 0.29) is 0 Å². The number of methoxy groups -OCH3 is 1. The molecular weight excluding hydrogens is 356 g/mol. The quantitative estimate of drug-likeness (QED) is 0.659. The molecule has 0 radical (unpaired) electrons. The summed E-state index contributed by atoms with van der Waals surface area (Å²) in [7, 11) is 2.05. The first-order valence-corrected chi connectivity index (χ1v) is 9.00. The number of ether oxygens (including phenoxy) is 1. The van der Waals surface area contributed by atoms with E-state index in [1.54, 1.807) is 31.4 Å². The van der Waals surface area contributed by atoms with Crippen LogP contribution in [-0.2, 0) is 14.8 Å². The lowest BCUT2D eigenvalue weighted by molar-refractivity contribution is 0.177. The molecule has 0 aliphatic carbocycles. The van der Waals surface area contributed by atoms with Crippen molar-refractivity contribution in [2.24, 2.45) is 0 Å². The van der Waals surface area contributed by atoms with Crippen molar-refractivity contribution in [3.8, 4) is 0 Å². The molecule has 0 aliphatic heterocycles. The zero-order valence-corrected chi connectivity index (χ0v) is 15.2. The van der Waals surface area contributed by atoms with Crippen molar-refractivity contribution in [1.29, 1.82) is 0 Å². The molecule has 21 heavy (non-hydrogen) atoms. The molecule has 0 aromatic heterocycles. The van der Waals surface area contributed by atoms with Crippen LogP contribution in [0.25, 0.3) is 0 Å². The number of hydrogen-bond donors (Lipinski definition) is 0. The molecule has 5 nitrogen and oxygen atoms in total. The van der Waals surface area contributed by atoms with Gasteiger partial charge in [0.05, 0.1) is 11.5 Å². The highest BCUT2D eigenvalue weighted by Crippen LogP contribution is 2.19. The molecule has 1 aromatic rings. The number of benzene rings is 1. The van der Waals surface area contributed by atoms with Crippen molar-refractivity contribution in [3.63, 3.8) is 0 Å². The fourth-order valence-corrected chi connectivity index (χ4v) is 3.59. The zero-order valence-electron chi connectivity index (χ0n) is 12.8. The molecule has 0 N–H and O–H groups in total. The summed E-state index contributed by atoms with van der Waals surface area (Å²) in [5.74, 6) is 0. The highest BCUT2D eigenvalue weighted by Gasteiger charge is 2.23. The van der Waals surface area contributed by atoms with E-state index in [1.807, 2.05) is 19.0 Å². The fraction of sp³-hybridized carbons (Fsp3) is 0.571. The predicted octanol–water partition coefficient (Wildman–Crippen LogP) is 2.04. The van der Waals surface area contributed by atoms with Crippen molar-refractivity contribution in [2.45, 2.75) is 11.3 Å². The van der Waals surface area contributed by atoms with E-state index in [4.69, 9.17) is 4.74 Å². The summed E-state index contributed by atoms with van der Waals surface area (Å²) in [4.78, 5) is 2.35. The van der Waals surface area contributed by atoms with Gasteiger partial charge < -0.3 is 9.64 Å². The second kappa shape index (κ2) is 8.85. The van der Waals surface area contributed by atoms with Gasteiger partial charge in [0.1, 0.15) is 0 Å². The summed E-state index contributed by atoms with van der Waals surface area (Å²) in [5.41, 5.74) is 0. The molecule has 1 aromatic carbocycles. The average Bonchev–Trinajstić information content (AvgIpc) is 2.42. The van der Waals surface area contributed by atoms with Gasteiger partial charge in [-0.25, -0.2) is 8.42 Å². The monoisotopic (exact) mass is 378 g/mol. The van der Waals surface area contributed by atoms with Crippen molar-refractivity contribution in [1.82, 2.24) is 9.21 Å². The molecule has 0 atom stereocenters. The van der Waals surface area contributed by atoms with Crippen molar-refractivity contribution >= 4 is 26.0 Å². The highest BCUT2D eigenvalue weighted by atomic mass is 79.9. The Kier molecular flexibility index (Phi) is 7.83. The van der Waals surface area contributed by atoms with Crippen molar-refractivity contribution in [2.75, 3.05) is 47.4 Å². The van der Waals surface area contributed by atoms with E-state index in [0.29, 0.717) is 24.6 Å². The van der Waals surface area contributed by atoms with Gasteiger partial charge in [0.2, 0.25) is 10.0 Å². The first-order valence-electron chi connectivity index (χ1n) is 6.77. The van der Waals surface area contributed by atoms with Crippen LogP contribution in [0.1, 0.15) is 6.42 Å². The first-order chi connectivity index (χ1) is 9.87. The molecule has 0 saturated heterocycles. The van der Waals surface area contributed by atoms with Crippen LogP contribution in [0.4, 0.5) is 0 Å². The summed E-state index contributed by atoms with van der Waals surface area (Å²) < 4.78 is 32.7. The molecular formula is C14H23BrN2O3S. The van der Waals surface area contributed by atoms with Crippen LogP contribution in [0, 0.1) is 0 Å². The van der Waals surface area contributed by atoms with Gasteiger partial charge in [0, 0.05) is 24.7 Å². The van der Waals surface area contributed by atoms with Gasteiger partial charge in [-0.15, -0.1) is 0 Å². The lowest BCUT2D eigenvalue weighted by Gasteiger charge is -2.22. The summed E-state index contributed by atoms with van der Waals surface area (Å²) in [6.07, 6.45) is 0.784. The molecule has 0 unspecified atom stereocenters. The van der Waals surface area contributed by atoms with Crippen molar-refractivity contribution < 1.29 is 13.2 Å². The average molecular weight is 379 g/mol. The number of hydrogen-bond acceptors (Lipinski definition) is 4. The second-order valence-electron chi connectivity index (χ2n) is 5.01. The number of sulfonamides is 1. The molecule has 0 heterocycles. The van der Waals surface area contributed by atoms with Crippen LogP contribution in [0.3, 0.4) is 0 Å². The number of rotatable bonds is 9. The van der Waals surface area contributed by atoms with Crippen LogP contribution in [0.2, 0.25) is 0 Å². The van der Waals surface area contributed by atoms with Crippen LogP contribution in [-0.4, -0.2) is 65.1 Å². The summed E-state index contributed by atoms with van der Waals surface area (Å²) >= 11 is 3.32. The standard InChI is InChI=1S/C14H23BrN2O3S/c1-16(2)9-4-10-17(11-12-20-3)21(18,19)14-7-5-13(15)6-8-14/h5-8H,4,9-12H2,1-3H3. The van der Waals surface area contributed by atoms with Gasteiger partial charge >= 0.3 is 0 Å². The largest absolute Gasteiger partial charge is 0.383 e. The Balaban J connectivity index is 2.86. The van der Waals surface area contributed by atoms with Crippen LogP contribution >= 0.6 is 15.9 Å². The second-order valence-corrected chi connectivity index (χ2v) is 7.86. The Bertz CT molecular complexity index is 518. The predicted molar refractivity (Wildman–Crippen MR) is 87.9 cm³/mol. The van der Waals surface area contributed by atoms with E-state index < -0.39 is 10.0 Å². The molecule has 1 rings (SSSR count). The van der Waals surface area contributed by atoms with Gasteiger partial charge in [-0.2, -0.15) is 4.31 Å². The Morgan fingerprint density at radius 3 is 2.24 bits per heavy atom. The van der Waals surface area contributed by atoms with Gasteiger partial charge in [-0.3, -0.25) is 0 Å². The molecule has 0 spiro atoms. The molecule has 7 heteroatoms. The minimum absolute atomic E-state index is 0.312. The maximum atomic E-state index is 12.7. The Labute approximate surface area is 136 Å². The minimum atomic E-state index is -3.47. The van der Waals surface area contributed by atoms with E-state index in [9.17, 15) is 8.42 Å². The molecule has 0 amide bonds. The third kappa shape index (κ3) is 6.04. The molecule has 0 fully saturated rings. The summed E-state index contributed by atoms with van der Waals surface area (Å²) in [6.45, 7) is 2.08. The van der Waals surface area contributed by atoms with E-state index in [0.717, 1.165) is 17.4 Å². The van der Waals surface area contributed by atoms with E-state index in [2.05, 4.69) is 15.9 Å². The van der Waals surface area contributed by atoms with E-state index >= 15 is 0 Å². The number of nitrogens with zero attached hydrogens (tertiary/aromatic N) is 2. The Morgan fingerprint density at radius 1 is 1.10 bits per heavy atom. The Hall–Kier alpha value is -0.470.